The topological polar surface area (TPSA) is 46.9 Å². The standard InChI is InChI=1S/C14H14ClFIN3O/c1-7(14(21)18-8-2-3-8)20-12-4-9(16)10(17)5-11(12)19-13(20)6-15/h4-5,7-8H,2-3,6H2,1H3,(H,18,21). The highest BCUT2D eigenvalue weighted by Crippen LogP contribution is 2.27. The van der Waals surface area contributed by atoms with Crippen molar-refractivity contribution in [1.82, 2.24) is 14.9 Å². The molecule has 1 aromatic carbocycles. The van der Waals surface area contributed by atoms with Crippen LogP contribution >= 0.6 is 34.2 Å². The fourth-order valence-electron chi connectivity index (χ4n) is 2.33. The zero-order valence-electron chi connectivity index (χ0n) is 11.4. The predicted octanol–water partition coefficient (Wildman–Crippen LogP) is 3.36. The van der Waals surface area contributed by atoms with Crippen LogP contribution in [0.5, 0.6) is 0 Å². The molecule has 1 saturated carbocycles. The molecule has 1 aliphatic carbocycles. The Bertz CT molecular complexity index is 714. The van der Waals surface area contributed by atoms with Gasteiger partial charge < -0.3 is 9.88 Å². The Kier molecular flexibility index (Phi) is 4.09. The third-order valence-electron chi connectivity index (χ3n) is 3.61. The van der Waals surface area contributed by atoms with Gasteiger partial charge in [0, 0.05) is 12.1 Å². The summed E-state index contributed by atoms with van der Waals surface area (Å²) >= 11 is 7.86. The molecule has 1 aliphatic rings. The van der Waals surface area contributed by atoms with E-state index in [2.05, 4.69) is 10.3 Å². The van der Waals surface area contributed by atoms with Gasteiger partial charge in [-0.3, -0.25) is 4.79 Å². The van der Waals surface area contributed by atoms with Gasteiger partial charge in [-0.15, -0.1) is 11.6 Å². The van der Waals surface area contributed by atoms with Crippen molar-refractivity contribution >= 4 is 51.1 Å². The number of carbonyl (C=O) groups is 1. The molecule has 0 aliphatic heterocycles. The van der Waals surface area contributed by atoms with Crippen LogP contribution in [0.25, 0.3) is 11.0 Å². The number of amides is 1. The first-order valence-corrected chi connectivity index (χ1v) is 8.34. The van der Waals surface area contributed by atoms with Gasteiger partial charge in [0.2, 0.25) is 5.91 Å². The molecule has 0 saturated heterocycles. The summed E-state index contributed by atoms with van der Waals surface area (Å²) in [6.07, 6.45) is 2.05. The number of nitrogens with one attached hydrogen (secondary N) is 1. The van der Waals surface area contributed by atoms with Crippen LogP contribution in [-0.2, 0) is 10.7 Å². The summed E-state index contributed by atoms with van der Waals surface area (Å²) in [6.45, 7) is 1.78. The Hall–Kier alpha value is -0.890. The molecule has 21 heavy (non-hydrogen) atoms. The molecule has 7 heteroatoms. The molecule has 1 N–H and O–H groups in total. The molecule has 1 aromatic heterocycles. The van der Waals surface area contributed by atoms with Crippen LogP contribution < -0.4 is 5.32 Å². The molecular formula is C14H14ClFIN3O. The van der Waals surface area contributed by atoms with Crippen LogP contribution in [0.1, 0.15) is 31.6 Å². The highest BCUT2D eigenvalue weighted by molar-refractivity contribution is 14.1. The average molecular weight is 422 g/mol. The zero-order chi connectivity index (χ0) is 15.1. The van der Waals surface area contributed by atoms with Crippen LogP contribution in [0.4, 0.5) is 4.39 Å². The third kappa shape index (κ3) is 2.88. The van der Waals surface area contributed by atoms with Gasteiger partial charge in [-0.2, -0.15) is 0 Å². The Morgan fingerprint density at radius 2 is 2.33 bits per heavy atom. The molecular weight excluding hydrogens is 408 g/mol. The molecule has 1 atom stereocenters. The fraction of sp³-hybridized carbons (Fsp3) is 0.429. The number of imidazole rings is 1. The fourth-order valence-corrected chi connectivity index (χ4v) is 2.97. The average Bonchev–Trinajstić information content (AvgIpc) is 3.19. The monoisotopic (exact) mass is 421 g/mol. The second kappa shape index (κ2) is 5.72. The van der Waals surface area contributed by atoms with Crippen LogP contribution in [-0.4, -0.2) is 21.5 Å². The number of alkyl halides is 1. The van der Waals surface area contributed by atoms with E-state index in [9.17, 15) is 9.18 Å². The van der Waals surface area contributed by atoms with Gasteiger partial charge >= 0.3 is 0 Å². The van der Waals surface area contributed by atoms with E-state index in [0.29, 0.717) is 20.4 Å². The van der Waals surface area contributed by atoms with E-state index >= 15 is 0 Å². The summed E-state index contributed by atoms with van der Waals surface area (Å²) in [5.74, 6) is 0.349. The van der Waals surface area contributed by atoms with Crippen molar-refractivity contribution < 1.29 is 9.18 Å². The van der Waals surface area contributed by atoms with E-state index in [-0.39, 0.29) is 23.6 Å². The number of fused-ring (bicyclic) bond motifs is 1. The lowest BCUT2D eigenvalue weighted by Gasteiger charge is -2.16. The molecule has 112 valence electrons. The Morgan fingerprint density at radius 1 is 1.62 bits per heavy atom. The Balaban J connectivity index is 2.06. The second-order valence-electron chi connectivity index (χ2n) is 5.25. The van der Waals surface area contributed by atoms with Crippen molar-refractivity contribution in [2.45, 2.75) is 37.7 Å². The molecule has 0 bridgehead atoms. The van der Waals surface area contributed by atoms with Crippen LogP contribution in [0.2, 0.25) is 0 Å². The SMILES string of the molecule is CC(C(=O)NC1CC1)n1c(CCl)nc2cc(I)c(F)cc21. The number of halogens is 3. The van der Waals surface area contributed by atoms with Crippen molar-refractivity contribution in [3.63, 3.8) is 0 Å². The van der Waals surface area contributed by atoms with Crippen LogP contribution in [0.3, 0.4) is 0 Å². The normalized spacial score (nSPS) is 16.2. The quantitative estimate of drug-likeness (QED) is 0.608. The Morgan fingerprint density at radius 3 is 2.95 bits per heavy atom. The zero-order valence-corrected chi connectivity index (χ0v) is 14.3. The van der Waals surface area contributed by atoms with E-state index in [1.54, 1.807) is 17.6 Å². The van der Waals surface area contributed by atoms with E-state index in [1.165, 1.54) is 6.07 Å². The summed E-state index contributed by atoms with van der Waals surface area (Å²) in [4.78, 5) is 16.7. The van der Waals surface area contributed by atoms with E-state index in [1.807, 2.05) is 22.6 Å². The number of nitrogens with zero attached hydrogens (tertiary/aromatic N) is 2. The second-order valence-corrected chi connectivity index (χ2v) is 6.67. The number of rotatable bonds is 4. The predicted molar refractivity (Wildman–Crippen MR) is 87.8 cm³/mol. The molecule has 0 radical (unpaired) electrons. The molecule has 1 amide bonds. The minimum absolute atomic E-state index is 0.0814. The lowest BCUT2D eigenvalue weighted by Crippen LogP contribution is -2.33. The highest BCUT2D eigenvalue weighted by atomic mass is 127. The van der Waals surface area contributed by atoms with Gasteiger partial charge in [-0.1, -0.05) is 0 Å². The van der Waals surface area contributed by atoms with Crippen molar-refractivity contribution in [1.29, 1.82) is 0 Å². The first-order valence-electron chi connectivity index (χ1n) is 6.73. The van der Waals surface area contributed by atoms with Gasteiger partial charge in [-0.05, 0) is 48.4 Å². The number of benzene rings is 1. The first-order chi connectivity index (χ1) is 10.0. The minimum atomic E-state index is -0.469. The maximum atomic E-state index is 13.8. The molecule has 2 aromatic rings. The van der Waals surface area contributed by atoms with Crippen molar-refractivity contribution in [2.24, 2.45) is 0 Å². The molecule has 0 spiro atoms. The molecule has 1 fully saturated rings. The summed E-state index contributed by atoms with van der Waals surface area (Å²) < 4.78 is 16.1. The first kappa shape index (κ1) is 15.0. The molecule has 3 rings (SSSR count). The lowest BCUT2D eigenvalue weighted by molar-refractivity contribution is -0.123. The number of aromatic nitrogens is 2. The summed E-state index contributed by atoms with van der Waals surface area (Å²) in [5.41, 5.74) is 1.25. The van der Waals surface area contributed by atoms with Gasteiger partial charge in [0.25, 0.3) is 0 Å². The van der Waals surface area contributed by atoms with Gasteiger partial charge in [-0.25, -0.2) is 9.37 Å². The lowest BCUT2D eigenvalue weighted by atomic mass is 10.2. The molecule has 1 unspecified atom stereocenters. The summed E-state index contributed by atoms with van der Waals surface area (Å²) in [7, 11) is 0. The van der Waals surface area contributed by atoms with Gasteiger partial charge in [0.15, 0.2) is 0 Å². The highest BCUT2D eigenvalue weighted by Gasteiger charge is 2.28. The van der Waals surface area contributed by atoms with E-state index in [4.69, 9.17) is 11.6 Å². The largest absolute Gasteiger partial charge is 0.352 e. The van der Waals surface area contributed by atoms with Crippen molar-refractivity contribution in [2.75, 3.05) is 0 Å². The van der Waals surface area contributed by atoms with Gasteiger partial charge in [0.05, 0.1) is 20.5 Å². The number of hydrogen-bond donors (Lipinski definition) is 1. The van der Waals surface area contributed by atoms with Crippen LogP contribution in [0.15, 0.2) is 12.1 Å². The van der Waals surface area contributed by atoms with E-state index in [0.717, 1.165) is 12.8 Å². The number of hydrogen-bond acceptors (Lipinski definition) is 2. The minimum Gasteiger partial charge on any atom is -0.352 e. The van der Waals surface area contributed by atoms with Crippen molar-refractivity contribution in [3.8, 4) is 0 Å². The third-order valence-corrected chi connectivity index (χ3v) is 4.68. The molecule has 4 nitrogen and oxygen atoms in total. The molecule has 1 heterocycles. The van der Waals surface area contributed by atoms with Crippen LogP contribution in [0, 0.1) is 9.39 Å². The number of carbonyl (C=O) groups excluding carboxylic acids is 1. The van der Waals surface area contributed by atoms with Crippen molar-refractivity contribution in [3.05, 3.63) is 27.3 Å². The van der Waals surface area contributed by atoms with E-state index < -0.39 is 6.04 Å². The summed E-state index contributed by atoms with van der Waals surface area (Å²) in [6, 6.07) is 2.90. The maximum Gasteiger partial charge on any atom is 0.243 e. The summed E-state index contributed by atoms with van der Waals surface area (Å²) in [5, 5.41) is 2.96. The maximum absolute atomic E-state index is 13.8. The Labute approximate surface area is 140 Å². The van der Waals surface area contributed by atoms with Gasteiger partial charge in [0.1, 0.15) is 17.7 Å². The smallest absolute Gasteiger partial charge is 0.243 e.